The second-order valence-corrected chi connectivity index (χ2v) is 8.45. The first-order valence-corrected chi connectivity index (χ1v) is 10.4. The highest BCUT2D eigenvalue weighted by molar-refractivity contribution is 7.99. The number of rotatable bonds is 4. The number of hydrogen-bond donors (Lipinski definition) is 1. The first-order valence-electron chi connectivity index (χ1n) is 9.20. The van der Waals surface area contributed by atoms with E-state index in [9.17, 15) is 0 Å². The number of nitrogens with zero attached hydrogens (tertiary/aromatic N) is 3. The normalized spacial score (nSPS) is 27.1. The van der Waals surface area contributed by atoms with Crippen molar-refractivity contribution >= 4 is 17.7 Å². The smallest absolute Gasteiger partial charge is 0.191 e. The first-order chi connectivity index (χ1) is 11.3. The first kappa shape index (κ1) is 17.4. The molecule has 5 nitrogen and oxygen atoms in total. The van der Waals surface area contributed by atoms with Crippen molar-refractivity contribution in [3.05, 3.63) is 0 Å². The van der Waals surface area contributed by atoms with Gasteiger partial charge in [-0.1, -0.05) is 19.3 Å². The van der Waals surface area contributed by atoms with Crippen LogP contribution in [0.5, 0.6) is 0 Å². The van der Waals surface area contributed by atoms with Crippen LogP contribution < -0.4 is 5.73 Å². The Bertz CT molecular complexity index is 386. The predicted octanol–water partition coefficient (Wildman–Crippen LogP) is 1.63. The van der Waals surface area contributed by atoms with Crippen LogP contribution in [-0.4, -0.2) is 79.7 Å². The zero-order valence-electron chi connectivity index (χ0n) is 14.3. The molecule has 2 heterocycles. The fourth-order valence-electron chi connectivity index (χ4n) is 4.04. The highest BCUT2D eigenvalue weighted by Crippen LogP contribution is 2.37. The molecule has 0 unspecified atom stereocenters. The van der Waals surface area contributed by atoms with Crippen molar-refractivity contribution < 1.29 is 4.74 Å². The highest BCUT2D eigenvalue weighted by atomic mass is 32.2. The maximum atomic E-state index is 6.29. The molecule has 0 radical (unpaired) electrons. The summed E-state index contributed by atoms with van der Waals surface area (Å²) in [5.41, 5.74) is 6.63. The SMILES string of the molecule is NC(=NCC1(CN2CCOCC2)CCCCC1)N1CCSCC1. The number of guanidine groups is 1. The van der Waals surface area contributed by atoms with Crippen molar-refractivity contribution in [2.24, 2.45) is 16.1 Å². The largest absolute Gasteiger partial charge is 0.379 e. The van der Waals surface area contributed by atoms with Crippen molar-refractivity contribution in [3.63, 3.8) is 0 Å². The Labute approximate surface area is 145 Å². The van der Waals surface area contributed by atoms with Crippen molar-refractivity contribution in [2.45, 2.75) is 32.1 Å². The zero-order valence-corrected chi connectivity index (χ0v) is 15.2. The van der Waals surface area contributed by atoms with Gasteiger partial charge in [0, 0.05) is 56.2 Å². The lowest BCUT2D eigenvalue weighted by Gasteiger charge is -2.41. The Morgan fingerprint density at radius 1 is 1.04 bits per heavy atom. The van der Waals surface area contributed by atoms with E-state index in [1.165, 1.54) is 50.2 Å². The van der Waals surface area contributed by atoms with Gasteiger partial charge in [0.15, 0.2) is 5.96 Å². The van der Waals surface area contributed by atoms with E-state index in [4.69, 9.17) is 15.5 Å². The molecule has 0 spiro atoms. The van der Waals surface area contributed by atoms with Crippen molar-refractivity contribution in [2.75, 3.05) is 64.0 Å². The molecule has 6 heteroatoms. The van der Waals surface area contributed by atoms with Gasteiger partial charge < -0.3 is 15.4 Å². The van der Waals surface area contributed by atoms with Crippen LogP contribution in [0.2, 0.25) is 0 Å². The summed E-state index contributed by atoms with van der Waals surface area (Å²) in [6.07, 6.45) is 6.68. The minimum absolute atomic E-state index is 0.338. The van der Waals surface area contributed by atoms with E-state index in [1.54, 1.807) is 0 Å². The van der Waals surface area contributed by atoms with E-state index in [-0.39, 0.29) is 0 Å². The van der Waals surface area contributed by atoms with Gasteiger partial charge >= 0.3 is 0 Å². The van der Waals surface area contributed by atoms with Gasteiger partial charge in [0.25, 0.3) is 0 Å². The van der Waals surface area contributed by atoms with Crippen molar-refractivity contribution in [1.29, 1.82) is 0 Å². The molecule has 0 aromatic rings. The van der Waals surface area contributed by atoms with E-state index in [0.29, 0.717) is 5.41 Å². The Balaban J connectivity index is 1.60. The fraction of sp³-hybridized carbons (Fsp3) is 0.941. The maximum Gasteiger partial charge on any atom is 0.191 e. The predicted molar refractivity (Wildman–Crippen MR) is 98.2 cm³/mol. The molecule has 0 amide bonds. The maximum absolute atomic E-state index is 6.29. The van der Waals surface area contributed by atoms with E-state index in [1.807, 2.05) is 11.8 Å². The van der Waals surface area contributed by atoms with Gasteiger partial charge in [0.1, 0.15) is 0 Å². The third-order valence-electron chi connectivity index (χ3n) is 5.49. The summed E-state index contributed by atoms with van der Waals surface area (Å²) >= 11 is 2.01. The molecule has 0 aromatic heterocycles. The number of ether oxygens (including phenoxy) is 1. The van der Waals surface area contributed by atoms with Gasteiger partial charge in [-0.25, -0.2) is 0 Å². The molecule has 3 rings (SSSR count). The number of thioether (sulfide) groups is 1. The molecule has 3 fully saturated rings. The quantitative estimate of drug-likeness (QED) is 0.623. The van der Waals surface area contributed by atoms with Crippen LogP contribution in [0.4, 0.5) is 0 Å². The summed E-state index contributed by atoms with van der Waals surface area (Å²) in [5, 5.41) is 0. The molecule has 2 N–H and O–H groups in total. The van der Waals surface area contributed by atoms with Crippen LogP contribution in [0.25, 0.3) is 0 Å². The minimum Gasteiger partial charge on any atom is -0.379 e. The minimum atomic E-state index is 0.338. The topological polar surface area (TPSA) is 54.1 Å². The van der Waals surface area contributed by atoms with Gasteiger partial charge in [-0.3, -0.25) is 9.89 Å². The van der Waals surface area contributed by atoms with Gasteiger partial charge in [-0.2, -0.15) is 11.8 Å². The van der Waals surface area contributed by atoms with Crippen LogP contribution in [0.3, 0.4) is 0 Å². The molecule has 2 saturated heterocycles. The second-order valence-electron chi connectivity index (χ2n) is 7.22. The van der Waals surface area contributed by atoms with E-state index >= 15 is 0 Å². The molecule has 3 aliphatic rings. The lowest BCUT2D eigenvalue weighted by molar-refractivity contribution is 0.00934. The van der Waals surface area contributed by atoms with E-state index in [2.05, 4.69) is 9.80 Å². The molecule has 2 aliphatic heterocycles. The Hall–Kier alpha value is -0.460. The number of aliphatic imine (C=N–C) groups is 1. The average molecular weight is 341 g/mol. The number of nitrogens with two attached hydrogens (primary N) is 1. The molecular weight excluding hydrogens is 308 g/mol. The molecular formula is C17H32N4OS. The van der Waals surface area contributed by atoms with Crippen molar-refractivity contribution in [3.8, 4) is 0 Å². The summed E-state index contributed by atoms with van der Waals surface area (Å²) in [6.45, 7) is 8.09. The summed E-state index contributed by atoms with van der Waals surface area (Å²) in [7, 11) is 0. The Kier molecular flexibility index (Phi) is 6.48. The van der Waals surface area contributed by atoms with Crippen LogP contribution in [-0.2, 0) is 4.74 Å². The third kappa shape index (κ3) is 5.00. The standard InChI is InChI=1S/C17H32N4OS/c18-16(21-8-12-23-13-9-21)19-14-17(4-2-1-3-5-17)15-20-6-10-22-11-7-20/h1-15H2,(H2,18,19). The lowest BCUT2D eigenvalue weighted by atomic mass is 9.73. The van der Waals surface area contributed by atoms with Crippen LogP contribution in [0.1, 0.15) is 32.1 Å². The fourth-order valence-corrected chi connectivity index (χ4v) is 4.95. The van der Waals surface area contributed by atoms with Crippen molar-refractivity contribution in [1.82, 2.24) is 9.80 Å². The van der Waals surface area contributed by atoms with Gasteiger partial charge in [0.2, 0.25) is 0 Å². The molecule has 0 atom stereocenters. The van der Waals surface area contributed by atoms with E-state index in [0.717, 1.165) is 51.9 Å². The summed E-state index contributed by atoms with van der Waals surface area (Å²) in [4.78, 5) is 9.71. The average Bonchev–Trinajstić information content (AvgIpc) is 2.62. The van der Waals surface area contributed by atoms with Gasteiger partial charge in [-0.05, 0) is 12.8 Å². The van der Waals surface area contributed by atoms with Crippen LogP contribution >= 0.6 is 11.8 Å². The molecule has 0 aromatic carbocycles. The number of morpholine rings is 1. The van der Waals surface area contributed by atoms with Gasteiger partial charge in [0.05, 0.1) is 13.2 Å². The van der Waals surface area contributed by atoms with Crippen LogP contribution in [0.15, 0.2) is 4.99 Å². The van der Waals surface area contributed by atoms with E-state index < -0.39 is 0 Å². The lowest BCUT2D eigenvalue weighted by Crippen LogP contribution is -2.47. The Morgan fingerprint density at radius 3 is 2.43 bits per heavy atom. The monoisotopic (exact) mass is 340 g/mol. The molecule has 1 saturated carbocycles. The third-order valence-corrected chi connectivity index (χ3v) is 6.43. The summed E-state index contributed by atoms with van der Waals surface area (Å²) < 4.78 is 5.50. The molecule has 1 aliphatic carbocycles. The molecule has 132 valence electrons. The number of hydrogen-bond acceptors (Lipinski definition) is 4. The molecule has 23 heavy (non-hydrogen) atoms. The van der Waals surface area contributed by atoms with Gasteiger partial charge in [-0.15, -0.1) is 0 Å². The van der Waals surface area contributed by atoms with Crippen LogP contribution in [0, 0.1) is 5.41 Å². The summed E-state index contributed by atoms with van der Waals surface area (Å²) in [5.74, 6) is 3.13. The Morgan fingerprint density at radius 2 is 1.74 bits per heavy atom. The summed E-state index contributed by atoms with van der Waals surface area (Å²) in [6, 6.07) is 0. The second kappa shape index (κ2) is 8.58. The highest BCUT2D eigenvalue weighted by Gasteiger charge is 2.34. The zero-order chi connectivity index (χ0) is 16.0. The molecule has 0 bridgehead atoms.